The number of ether oxygens (including phenoxy) is 1. The molecule has 0 bridgehead atoms. The molecule has 2 rings (SSSR count). The van der Waals surface area contributed by atoms with Crippen LogP contribution in [-0.2, 0) is 14.8 Å². The Balaban J connectivity index is 0.00000450. The van der Waals surface area contributed by atoms with Gasteiger partial charge in [-0.1, -0.05) is 13.3 Å². The SMILES string of the molecule is CCNC(=NCCN1CCCCC1CC)NCCS(=O)(=O)NCC1CCCCO1.I. The summed E-state index contributed by atoms with van der Waals surface area (Å²) in [4.78, 5) is 7.17. The summed E-state index contributed by atoms with van der Waals surface area (Å²) in [6, 6.07) is 0.679. The minimum atomic E-state index is -3.32. The normalized spacial score (nSPS) is 23.6. The van der Waals surface area contributed by atoms with E-state index >= 15 is 0 Å². The van der Waals surface area contributed by atoms with Crippen LogP contribution in [0.15, 0.2) is 4.99 Å². The summed E-state index contributed by atoms with van der Waals surface area (Å²) >= 11 is 0. The number of hydrogen-bond acceptors (Lipinski definition) is 5. The van der Waals surface area contributed by atoms with Gasteiger partial charge < -0.3 is 15.4 Å². The fourth-order valence-corrected chi connectivity index (χ4v) is 4.97. The summed E-state index contributed by atoms with van der Waals surface area (Å²) < 4.78 is 32.7. The van der Waals surface area contributed by atoms with Crippen molar-refractivity contribution in [3.05, 3.63) is 0 Å². The van der Waals surface area contributed by atoms with Gasteiger partial charge in [0.2, 0.25) is 10.0 Å². The third-order valence-electron chi connectivity index (χ3n) is 5.69. The zero-order valence-electron chi connectivity index (χ0n) is 18.7. The number of guanidine groups is 1. The van der Waals surface area contributed by atoms with Crippen LogP contribution in [0.1, 0.15) is 58.8 Å². The Bertz CT molecular complexity index is 585. The largest absolute Gasteiger partial charge is 0.377 e. The van der Waals surface area contributed by atoms with E-state index in [1.54, 1.807) is 0 Å². The number of likely N-dealkylation sites (tertiary alicyclic amines) is 1. The van der Waals surface area contributed by atoms with Crippen LogP contribution in [0.5, 0.6) is 0 Å². The predicted octanol–water partition coefficient (Wildman–Crippen LogP) is 1.91. The third-order valence-corrected chi connectivity index (χ3v) is 7.04. The van der Waals surface area contributed by atoms with Crippen LogP contribution in [0.3, 0.4) is 0 Å². The summed E-state index contributed by atoms with van der Waals surface area (Å²) in [5.41, 5.74) is 0. The van der Waals surface area contributed by atoms with Crippen molar-refractivity contribution in [1.29, 1.82) is 0 Å². The highest BCUT2D eigenvalue weighted by atomic mass is 127. The molecular formula is C20H42IN5O3S. The molecule has 2 aliphatic rings. The first-order valence-electron chi connectivity index (χ1n) is 11.4. The number of sulfonamides is 1. The third kappa shape index (κ3) is 10.9. The molecule has 10 heteroatoms. The van der Waals surface area contributed by atoms with Gasteiger partial charge in [-0.15, -0.1) is 24.0 Å². The van der Waals surface area contributed by atoms with Gasteiger partial charge in [0.05, 0.1) is 18.4 Å². The average Bonchev–Trinajstić information content (AvgIpc) is 2.73. The van der Waals surface area contributed by atoms with Crippen LogP contribution in [0.4, 0.5) is 0 Å². The fourth-order valence-electron chi connectivity index (χ4n) is 4.01. The topological polar surface area (TPSA) is 95.1 Å². The zero-order chi connectivity index (χ0) is 21.0. The van der Waals surface area contributed by atoms with Crippen LogP contribution in [0.2, 0.25) is 0 Å². The second kappa shape index (κ2) is 15.6. The summed E-state index contributed by atoms with van der Waals surface area (Å²) in [6.07, 6.45) is 8.19. The molecule has 2 aliphatic heterocycles. The van der Waals surface area contributed by atoms with Gasteiger partial charge in [-0.3, -0.25) is 9.89 Å². The van der Waals surface area contributed by atoms with Crippen LogP contribution >= 0.6 is 24.0 Å². The highest BCUT2D eigenvalue weighted by molar-refractivity contribution is 14.0. The molecule has 0 spiro atoms. The number of piperidine rings is 1. The lowest BCUT2D eigenvalue weighted by Gasteiger charge is -2.34. The number of nitrogens with zero attached hydrogens (tertiary/aromatic N) is 2. The molecule has 0 aliphatic carbocycles. The second-order valence-electron chi connectivity index (χ2n) is 7.94. The Morgan fingerprint density at radius 2 is 1.93 bits per heavy atom. The van der Waals surface area contributed by atoms with Gasteiger partial charge in [0, 0.05) is 38.8 Å². The number of nitrogens with one attached hydrogen (secondary N) is 3. The van der Waals surface area contributed by atoms with Gasteiger partial charge in [-0.05, 0) is 52.0 Å². The van der Waals surface area contributed by atoms with Crippen LogP contribution in [0, 0.1) is 0 Å². The summed E-state index contributed by atoms with van der Waals surface area (Å²) in [7, 11) is -3.32. The summed E-state index contributed by atoms with van der Waals surface area (Å²) in [5, 5.41) is 6.35. The zero-order valence-corrected chi connectivity index (χ0v) is 21.8. The smallest absolute Gasteiger partial charge is 0.213 e. The lowest BCUT2D eigenvalue weighted by Crippen LogP contribution is -2.43. The number of hydrogen-bond donors (Lipinski definition) is 3. The van der Waals surface area contributed by atoms with Crippen molar-refractivity contribution in [3.8, 4) is 0 Å². The molecule has 2 unspecified atom stereocenters. The maximum Gasteiger partial charge on any atom is 0.213 e. The molecule has 30 heavy (non-hydrogen) atoms. The minimum Gasteiger partial charge on any atom is -0.377 e. The van der Waals surface area contributed by atoms with Crippen molar-refractivity contribution < 1.29 is 13.2 Å². The van der Waals surface area contributed by atoms with Crippen molar-refractivity contribution >= 4 is 40.0 Å². The molecule has 2 fully saturated rings. The molecule has 3 N–H and O–H groups in total. The van der Waals surface area contributed by atoms with Gasteiger partial charge in [0.25, 0.3) is 0 Å². The molecule has 0 radical (unpaired) electrons. The van der Waals surface area contributed by atoms with E-state index in [0.29, 0.717) is 25.1 Å². The van der Waals surface area contributed by atoms with E-state index in [2.05, 4.69) is 32.2 Å². The predicted molar refractivity (Wildman–Crippen MR) is 134 cm³/mol. The van der Waals surface area contributed by atoms with E-state index < -0.39 is 10.0 Å². The first kappa shape index (κ1) is 27.9. The molecule has 0 amide bonds. The fraction of sp³-hybridized carbons (Fsp3) is 0.950. The molecule has 0 saturated carbocycles. The Kier molecular flexibility index (Phi) is 14.5. The van der Waals surface area contributed by atoms with E-state index in [1.807, 2.05) is 6.92 Å². The molecule has 0 aromatic carbocycles. The van der Waals surface area contributed by atoms with E-state index in [9.17, 15) is 8.42 Å². The first-order chi connectivity index (χ1) is 14.0. The van der Waals surface area contributed by atoms with Crippen molar-refractivity contribution in [2.75, 3.05) is 51.6 Å². The van der Waals surface area contributed by atoms with Crippen LogP contribution < -0.4 is 15.4 Å². The van der Waals surface area contributed by atoms with Crippen LogP contribution in [-0.4, -0.2) is 83.1 Å². The van der Waals surface area contributed by atoms with Crippen molar-refractivity contribution in [2.24, 2.45) is 4.99 Å². The minimum absolute atomic E-state index is 0. The van der Waals surface area contributed by atoms with Gasteiger partial charge in [0.15, 0.2) is 5.96 Å². The van der Waals surface area contributed by atoms with Gasteiger partial charge in [-0.25, -0.2) is 13.1 Å². The molecule has 0 aromatic rings. The Hall–Kier alpha value is -0.170. The van der Waals surface area contributed by atoms with Crippen molar-refractivity contribution in [1.82, 2.24) is 20.3 Å². The van der Waals surface area contributed by atoms with Gasteiger partial charge in [0.1, 0.15) is 0 Å². The average molecular weight is 560 g/mol. The summed E-state index contributed by atoms with van der Waals surface area (Å²) in [5.74, 6) is 0.706. The molecule has 2 atom stereocenters. The van der Waals surface area contributed by atoms with Gasteiger partial charge in [-0.2, -0.15) is 0 Å². The highest BCUT2D eigenvalue weighted by Crippen LogP contribution is 2.18. The van der Waals surface area contributed by atoms with E-state index in [-0.39, 0.29) is 35.8 Å². The molecule has 0 aromatic heterocycles. The Morgan fingerprint density at radius 1 is 1.13 bits per heavy atom. The molecular weight excluding hydrogens is 517 g/mol. The summed E-state index contributed by atoms with van der Waals surface area (Å²) in [6.45, 7) is 9.27. The maximum atomic E-state index is 12.2. The standard InChI is InChI=1S/C20H41N5O3S.HI/c1-3-18-9-5-7-13-25(18)14-11-22-20(21-4-2)23-12-16-29(26,27)24-17-19-10-6-8-15-28-19;/h18-19,24H,3-17H2,1-2H3,(H2,21,22,23);1H. The molecule has 178 valence electrons. The van der Waals surface area contributed by atoms with Gasteiger partial charge >= 0.3 is 0 Å². The maximum absolute atomic E-state index is 12.2. The number of aliphatic imine (C=N–C) groups is 1. The first-order valence-corrected chi connectivity index (χ1v) is 13.0. The second-order valence-corrected chi connectivity index (χ2v) is 9.86. The quantitative estimate of drug-likeness (QED) is 0.204. The molecule has 2 heterocycles. The van der Waals surface area contributed by atoms with Crippen LogP contribution in [0.25, 0.3) is 0 Å². The number of rotatable bonds is 11. The molecule has 8 nitrogen and oxygen atoms in total. The Morgan fingerprint density at radius 3 is 2.63 bits per heavy atom. The highest BCUT2D eigenvalue weighted by Gasteiger charge is 2.20. The monoisotopic (exact) mass is 559 g/mol. The lowest BCUT2D eigenvalue weighted by atomic mass is 10.0. The lowest BCUT2D eigenvalue weighted by molar-refractivity contribution is 0.0200. The van der Waals surface area contributed by atoms with Crippen molar-refractivity contribution in [2.45, 2.75) is 70.9 Å². The number of halogens is 1. The van der Waals surface area contributed by atoms with E-state index in [0.717, 1.165) is 52.0 Å². The Labute approximate surface area is 200 Å². The molecule has 2 saturated heterocycles. The van der Waals surface area contributed by atoms with Crippen molar-refractivity contribution in [3.63, 3.8) is 0 Å². The van der Waals surface area contributed by atoms with E-state index in [1.165, 1.54) is 25.7 Å². The van der Waals surface area contributed by atoms with E-state index in [4.69, 9.17) is 4.74 Å².